The highest BCUT2D eigenvalue weighted by Crippen LogP contribution is 2.56. The van der Waals surface area contributed by atoms with E-state index in [9.17, 15) is 14.4 Å². The lowest BCUT2D eigenvalue weighted by molar-refractivity contribution is -0.123. The Morgan fingerprint density at radius 1 is 0.893 bits per heavy atom. The highest BCUT2D eigenvalue weighted by molar-refractivity contribution is 6.22. The van der Waals surface area contributed by atoms with Crippen LogP contribution in [0.25, 0.3) is 0 Å². The lowest BCUT2D eigenvalue weighted by Crippen LogP contribution is -2.32. The summed E-state index contributed by atoms with van der Waals surface area (Å²) in [5.74, 6) is 0.218. The SMILES string of the molecule is O=C(NCc1ccccc1)c1ccc(N2C(=O)[C@@H]3[C@H]4CC[C@@H](C4)[C@H]3C2=O)cc1. The van der Waals surface area contributed by atoms with Crippen molar-refractivity contribution in [1.29, 1.82) is 0 Å². The van der Waals surface area contributed by atoms with E-state index in [4.69, 9.17) is 0 Å². The van der Waals surface area contributed by atoms with Gasteiger partial charge in [-0.05, 0) is 60.9 Å². The van der Waals surface area contributed by atoms with Crippen molar-refractivity contribution in [3.8, 4) is 0 Å². The molecule has 5 rings (SSSR count). The van der Waals surface area contributed by atoms with Gasteiger partial charge in [-0.3, -0.25) is 19.3 Å². The number of carbonyl (C=O) groups is 3. The van der Waals surface area contributed by atoms with Crippen LogP contribution in [0.3, 0.4) is 0 Å². The van der Waals surface area contributed by atoms with Crippen LogP contribution in [0.2, 0.25) is 0 Å². The standard InChI is InChI=1S/C23H22N2O3/c26-21(24-13-14-4-2-1-3-5-14)15-8-10-18(11-9-15)25-22(27)19-16-6-7-17(12-16)20(19)23(25)28/h1-5,8-11,16-17,19-20H,6-7,12-13H2,(H,24,26)/t16-,17-,19+,20+/m0/s1. The first-order valence-corrected chi connectivity index (χ1v) is 9.93. The molecule has 2 aromatic rings. The molecule has 2 aromatic carbocycles. The number of fused-ring (bicyclic) bond motifs is 5. The fraction of sp³-hybridized carbons (Fsp3) is 0.348. The van der Waals surface area contributed by atoms with Crippen LogP contribution in [-0.4, -0.2) is 17.7 Å². The van der Waals surface area contributed by atoms with Crippen LogP contribution >= 0.6 is 0 Å². The maximum absolute atomic E-state index is 12.9. The number of nitrogens with zero attached hydrogens (tertiary/aromatic N) is 1. The summed E-state index contributed by atoms with van der Waals surface area (Å²) in [4.78, 5) is 39.5. The van der Waals surface area contributed by atoms with Crippen molar-refractivity contribution >= 4 is 23.4 Å². The number of imide groups is 1. The van der Waals surface area contributed by atoms with Gasteiger partial charge in [-0.25, -0.2) is 0 Å². The minimum atomic E-state index is -0.176. The van der Waals surface area contributed by atoms with Gasteiger partial charge in [-0.1, -0.05) is 30.3 Å². The maximum Gasteiger partial charge on any atom is 0.251 e. The Labute approximate surface area is 163 Å². The molecule has 1 heterocycles. The predicted octanol–water partition coefficient (Wildman–Crippen LogP) is 3.15. The third-order valence-electron chi connectivity index (χ3n) is 6.61. The molecule has 1 saturated heterocycles. The number of anilines is 1. The topological polar surface area (TPSA) is 66.5 Å². The van der Waals surface area contributed by atoms with E-state index in [1.165, 1.54) is 4.90 Å². The predicted molar refractivity (Wildman–Crippen MR) is 104 cm³/mol. The molecule has 3 fully saturated rings. The number of hydrogen-bond acceptors (Lipinski definition) is 3. The Morgan fingerprint density at radius 3 is 2.11 bits per heavy atom. The number of hydrogen-bond donors (Lipinski definition) is 1. The van der Waals surface area contributed by atoms with Gasteiger partial charge in [0.15, 0.2) is 0 Å². The Bertz CT molecular complexity index is 910. The van der Waals surface area contributed by atoms with Crippen LogP contribution in [0.4, 0.5) is 5.69 Å². The Morgan fingerprint density at radius 2 is 1.50 bits per heavy atom. The van der Waals surface area contributed by atoms with Crippen LogP contribution in [0.5, 0.6) is 0 Å². The summed E-state index contributed by atoms with van der Waals surface area (Å²) >= 11 is 0. The van der Waals surface area contributed by atoms with Gasteiger partial charge in [0.05, 0.1) is 17.5 Å². The first-order chi connectivity index (χ1) is 13.6. The van der Waals surface area contributed by atoms with Crippen LogP contribution in [0.1, 0.15) is 35.2 Å². The number of amides is 3. The molecule has 2 bridgehead atoms. The van der Waals surface area contributed by atoms with Gasteiger partial charge in [0.25, 0.3) is 5.91 Å². The summed E-state index contributed by atoms with van der Waals surface area (Å²) in [6, 6.07) is 16.5. The molecule has 5 heteroatoms. The minimum absolute atomic E-state index is 0.0523. The second-order valence-corrected chi connectivity index (χ2v) is 8.11. The van der Waals surface area contributed by atoms with Gasteiger partial charge in [0.2, 0.25) is 11.8 Å². The molecule has 3 amide bonds. The van der Waals surface area contributed by atoms with E-state index in [2.05, 4.69) is 5.32 Å². The largest absolute Gasteiger partial charge is 0.348 e. The molecule has 2 saturated carbocycles. The van der Waals surface area contributed by atoms with Gasteiger partial charge in [-0.15, -0.1) is 0 Å². The number of carbonyl (C=O) groups excluding carboxylic acids is 3. The van der Waals surface area contributed by atoms with Gasteiger partial charge in [0.1, 0.15) is 0 Å². The molecule has 0 unspecified atom stereocenters. The van der Waals surface area contributed by atoms with E-state index in [1.807, 2.05) is 30.3 Å². The quantitative estimate of drug-likeness (QED) is 0.836. The molecule has 5 nitrogen and oxygen atoms in total. The second-order valence-electron chi connectivity index (χ2n) is 8.11. The zero-order chi connectivity index (χ0) is 19.3. The van der Waals surface area contributed by atoms with Gasteiger partial charge < -0.3 is 5.32 Å². The third-order valence-corrected chi connectivity index (χ3v) is 6.61. The highest BCUT2D eigenvalue weighted by Gasteiger charge is 2.61. The van der Waals surface area contributed by atoms with Crippen LogP contribution < -0.4 is 10.2 Å². The first-order valence-electron chi connectivity index (χ1n) is 9.93. The molecular formula is C23H22N2O3. The third kappa shape index (κ3) is 2.65. The summed E-state index contributed by atoms with van der Waals surface area (Å²) in [5, 5.41) is 2.89. The van der Waals surface area contributed by atoms with Crippen molar-refractivity contribution in [2.75, 3.05) is 4.90 Å². The summed E-state index contributed by atoms with van der Waals surface area (Å²) in [6.45, 7) is 0.455. The smallest absolute Gasteiger partial charge is 0.251 e. The van der Waals surface area contributed by atoms with Crippen molar-refractivity contribution < 1.29 is 14.4 Å². The van der Waals surface area contributed by atoms with Crippen molar-refractivity contribution in [1.82, 2.24) is 5.32 Å². The van der Waals surface area contributed by atoms with E-state index in [1.54, 1.807) is 24.3 Å². The monoisotopic (exact) mass is 374 g/mol. The van der Waals surface area contributed by atoms with E-state index in [0.717, 1.165) is 24.8 Å². The van der Waals surface area contributed by atoms with Crippen LogP contribution in [0, 0.1) is 23.7 Å². The maximum atomic E-state index is 12.9. The molecule has 28 heavy (non-hydrogen) atoms. The Hall–Kier alpha value is -2.95. The second kappa shape index (κ2) is 6.59. The van der Waals surface area contributed by atoms with Gasteiger partial charge in [-0.2, -0.15) is 0 Å². The number of rotatable bonds is 4. The number of benzene rings is 2. The average Bonchev–Trinajstić information content (AvgIpc) is 3.41. The molecule has 0 aromatic heterocycles. The van der Waals surface area contributed by atoms with Crippen molar-refractivity contribution in [3.63, 3.8) is 0 Å². The fourth-order valence-electron chi connectivity index (χ4n) is 5.31. The Kier molecular flexibility index (Phi) is 4.04. The lowest BCUT2D eigenvalue weighted by Gasteiger charge is -2.19. The summed E-state index contributed by atoms with van der Waals surface area (Å²) in [6.07, 6.45) is 3.17. The van der Waals surface area contributed by atoms with Crippen LogP contribution in [0.15, 0.2) is 54.6 Å². The molecule has 1 N–H and O–H groups in total. The molecule has 0 radical (unpaired) electrons. The van der Waals surface area contributed by atoms with Crippen molar-refractivity contribution in [2.45, 2.75) is 25.8 Å². The average molecular weight is 374 g/mol. The van der Waals surface area contributed by atoms with Gasteiger partial charge >= 0.3 is 0 Å². The highest BCUT2D eigenvalue weighted by atomic mass is 16.2. The zero-order valence-corrected chi connectivity index (χ0v) is 15.5. The van der Waals surface area contributed by atoms with Gasteiger partial charge in [0, 0.05) is 12.1 Å². The summed E-state index contributed by atoms with van der Waals surface area (Å²) in [7, 11) is 0. The van der Waals surface area contributed by atoms with Crippen molar-refractivity contribution in [3.05, 3.63) is 65.7 Å². The fourth-order valence-corrected chi connectivity index (χ4v) is 5.31. The first kappa shape index (κ1) is 17.2. The summed E-state index contributed by atoms with van der Waals surface area (Å²) in [5.41, 5.74) is 2.12. The molecule has 2 aliphatic carbocycles. The molecule has 1 aliphatic heterocycles. The van der Waals surface area contributed by atoms with E-state index < -0.39 is 0 Å². The Balaban J connectivity index is 1.29. The summed E-state index contributed by atoms with van der Waals surface area (Å²) < 4.78 is 0. The minimum Gasteiger partial charge on any atom is -0.348 e. The molecule has 4 atom stereocenters. The molecule has 142 valence electrons. The van der Waals surface area contributed by atoms with E-state index in [0.29, 0.717) is 29.6 Å². The molecular weight excluding hydrogens is 352 g/mol. The van der Waals surface area contributed by atoms with E-state index in [-0.39, 0.29) is 29.6 Å². The zero-order valence-electron chi connectivity index (χ0n) is 15.5. The van der Waals surface area contributed by atoms with Crippen LogP contribution in [-0.2, 0) is 16.1 Å². The molecule has 0 spiro atoms. The normalized spacial score (nSPS) is 27.9. The number of nitrogens with one attached hydrogen (secondary N) is 1. The lowest BCUT2D eigenvalue weighted by atomic mass is 9.81. The molecule has 3 aliphatic rings. The van der Waals surface area contributed by atoms with E-state index >= 15 is 0 Å². The van der Waals surface area contributed by atoms with Crippen molar-refractivity contribution in [2.24, 2.45) is 23.7 Å².